The van der Waals surface area contributed by atoms with E-state index in [-0.39, 0.29) is 6.04 Å². The van der Waals surface area contributed by atoms with Crippen LogP contribution < -0.4 is 5.32 Å². The van der Waals surface area contributed by atoms with Crippen molar-refractivity contribution in [3.05, 3.63) is 0 Å². The zero-order valence-corrected chi connectivity index (χ0v) is 10.2. The number of rotatable bonds is 8. The monoisotopic (exact) mass is 215 g/mol. The quantitative estimate of drug-likeness (QED) is 0.617. The Morgan fingerprint density at radius 3 is 2.71 bits per heavy atom. The van der Waals surface area contributed by atoms with Gasteiger partial charge in [-0.1, -0.05) is 0 Å². The van der Waals surface area contributed by atoms with Gasteiger partial charge >= 0.3 is 0 Å². The maximum absolute atomic E-state index is 8.86. The molecule has 0 rings (SSSR count). The second-order valence-corrected chi connectivity index (χ2v) is 4.56. The van der Waals surface area contributed by atoms with E-state index in [9.17, 15) is 0 Å². The van der Waals surface area contributed by atoms with Gasteiger partial charge in [0.15, 0.2) is 0 Å². The number of likely N-dealkylation sites (N-methyl/N-ethyl adjacent to an activating group) is 1. The van der Waals surface area contributed by atoms with E-state index in [4.69, 9.17) is 5.26 Å². The summed E-state index contributed by atoms with van der Waals surface area (Å²) in [5.74, 6) is 1.15. The molecule has 0 saturated heterocycles. The van der Waals surface area contributed by atoms with Crippen molar-refractivity contribution < 1.29 is 0 Å². The Morgan fingerprint density at radius 2 is 2.21 bits per heavy atom. The van der Waals surface area contributed by atoms with Crippen LogP contribution in [0.2, 0.25) is 0 Å². The SMILES string of the molecule is CSCCCC(C#N)NCCN(C)C. The van der Waals surface area contributed by atoms with E-state index in [1.807, 2.05) is 25.9 Å². The van der Waals surface area contributed by atoms with Crippen LogP contribution in [0.4, 0.5) is 0 Å². The lowest BCUT2D eigenvalue weighted by Gasteiger charge is -2.13. The molecule has 14 heavy (non-hydrogen) atoms. The Labute approximate surface area is 91.8 Å². The number of nitrogens with zero attached hydrogens (tertiary/aromatic N) is 2. The van der Waals surface area contributed by atoms with Crippen LogP contribution in [-0.4, -0.2) is 50.1 Å². The van der Waals surface area contributed by atoms with Gasteiger partial charge < -0.3 is 10.2 Å². The van der Waals surface area contributed by atoms with Crippen LogP contribution in [0.1, 0.15) is 12.8 Å². The Morgan fingerprint density at radius 1 is 1.50 bits per heavy atom. The van der Waals surface area contributed by atoms with E-state index in [1.165, 1.54) is 0 Å². The van der Waals surface area contributed by atoms with Crippen LogP contribution in [0, 0.1) is 11.3 Å². The van der Waals surface area contributed by atoms with E-state index in [2.05, 4.69) is 22.5 Å². The van der Waals surface area contributed by atoms with E-state index in [0.717, 1.165) is 31.7 Å². The van der Waals surface area contributed by atoms with E-state index in [0.29, 0.717) is 0 Å². The standard InChI is InChI=1S/C10H21N3S/c1-13(2)7-6-12-10(9-11)5-4-8-14-3/h10,12H,4-8H2,1-3H3. The molecule has 0 bridgehead atoms. The molecule has 82 valence electrons. The lowest BCUT2D eigenvalue weighted by molar-refractivity contribution is 0.390. The fraction of sp³-hybridized carbons (Fsp3) is 0.900. The molecule has 0 aromatic carbocycles. The van der Waals surface area contributed by atoms with Gasteiger partial charge in [-0.05, 0) is 38.9 Å². The predicted octanol–water partition coefficient (Wildman–Crippen LogP) is 1.17. The molecule has 0 aromatic heterocycles. The minimum Gasteiger partial charge on any atom is -0.308 e. The molecular formula is C10H21N3S. The highest BCUT2D eigenvalue weighted by Gasteiger charge is 2.05. The molecule has 0 aliphatic rings. The Kier molecular flexibility index (Phi) is 9.16. The van der Waals surface area contributed by atoms with E-state index in [1.54, 1.807) is 0 Å². The van der Waals surface area contributed by atoms with Crippen LogP contribution in [0.25, 0.3) is 0 Å². The molecule has 1 atom stereocenters. The molecule has 4 heteroatoms. The molecule has 0 saturated carbocycles. The maximum atomic E-state index is 8.86. The second kappa shape index (κ2) is 9.32. The van der Waals surface area contributed by atoms with E-state index < -0.39 is 0 Å². The topological polar surface area (TPSA) is 39.1 Å². The first kappa shape index (κ1) is 13.8. The van der Waals surface area contributed by atoms with Crippen molar-refractivity contribution >= 4 is 11.8 Å². The maximum Gasteiger partial charge on any atom is 0.0953 e. The molecule has 0 heterocycles. The third-order valence-corrected chi connectivity index (χ3v) is 2.64. The molecule has 0 aliphatic carbocycles. The van der Waals surface area contributed by atoms with Gasteiger partial charge in [-0.25, -0.2) is 0 Å². The summed E-state index contributed by atoms with van der Waals surface area (Å²) in [6.45, 7) is 1.88. The third kappa shape index (κ3) is 8.36. The molecule has 3 nitrogen and oxygen atoms in total. The third-order valence-electron chi connectivity index (χ3n) is 1.95. The summed E-state index contributed by atoms with van der Waals surface area (Å²) in [4.78, 5) is 2.11. The Balaban J connectivity index is 3.44. The van der Waals surface area contributed by atoms with Gasteiger partial charge in [0.25, 0.3) is 0 Å². The summed E-state index contributed by atoms with van der Waals surface area (Å²) >= 11 is 1.84. The summed E-state index contributed by atoms with van der Waals surface area (Å²) in [6.07, 6.45) is 4.18. The Hall–Kier alpha value is -0.240. The molecular weight excluding hydrogens is 194 g/mol. The van der Waals surface area contributed by atoms with Gasteiger partial charge in [0, 0.05) is 13.1 Å². The molecule has 0 fully saturated rings. The molecule has 0 aliphatic heterocycles. The van der Waals surface area contributed by atoms with Gasteiger partial charge in [-0.15, -0.1) is 0 Å². The van der Waals surface area contributed by atoms with E-state index >= 15 is 0 Å². The van der Waals surface area contributed by atoms with Gasteiger partial charge in [-0.2, -0.15) is 17.0 Å². The minimum atomic E-state index is 0.0297. The largest absolute Gasteiger partial charge is 0.308 e. The number of hydrogen-bond acceptors (Lipinski definition) is 4. The summed E-state index contributed by atoms with van der Waals surface area (Å²) in [5, 5.41) is 12.1. The van der Waals surface area contributed by atoms with Gasteiger partial charge in [0.1, 0.15) is 0 Å². The molecule has 0 radical (unpaired) electrons. The van der Waals surface area contributed by atoms with Crippen LogP contribution in [0.5, 0.6) is 0 Å². The van der Waals surface area contributed by atoms with Gasteiger partial charge in [-0.3, -0.25) is 0 Å². The summed E-state index contributed by atoms with van der Waals surface area (Å²) in [6, 6.07) is 2.33. The van der Waals surface area contributed by atoms with Crippen molar-refractivity contribution in [2.24, 2.45) is 0 Å². The van der Waals surface area contributed by atoms with Crippen LogP contribution in [0.15, 0.2) is 0 Å². The lowest BCUT2D eigenvalue weighted by Crippen LogP contribution is -2.33. The van der Waals surface area contributed by atoms with Crippen molar-refractivity contribution in [2.45, 2.75) is 18.9 Å². The lowest BCUT2D eigenvalue weighted by atomic mass is 10.2. The fourth-order valence-corrected chi connectivity index (χ4v) is 1.56. The molecule has 0 amide bonds. The first-order chi connectivity index (χ1) is 6.70. The number of nitrogens with one attached hydrogen (secondary N) is 1. The summed E-state index contributed by atoms with van der Waals surface area (Å²) < 4.78 is 0. The van der Waals surface area contributed by atoms with Crippen molar-refractivity contribution in [2.75, 3.05) is 39.2 Å². The van der Waals surface area contributed by atoms with Crippen LogP contribution in [-0.2, 0) is 0 Å². The van der Waals surface area contributed by atoms with Gasteiger partial charge in [0.05, 0.1) is 12.1 Å². The molecule has 1 N–H and O–H groups in total. The zero-order chi connectivity index (χ0) is 10.8. The highest BCUT2D eigenvalue weighted by atomic mass is 32.2. The van der Waals surface area contributed by atoms with Crippen molar-refractivity contribution in [3.8, 4) is 6.07 Å². The van der Waals surface area contributed by atoms with Crippen LogP contribution >= 0.6 is 11.8 Å². The van der Waals surface area contributed by atoms with Crippen molar-refractivity contribution in [1.82, 2.24) is 10.2 Å². The smallest absolute Gasteiger partial charge is 0.0953 e. The highest BCUT2D eigenvalue weighted by molar-refractivity contribution is 7.98. The first-order valence-corrected chi connectivity index (χ1v) is 6.36. The highest BCUT2D eigenvalue weighted by Crippen LogP contribution is 2.02. The average Bonchev–Trinajstić information content (AvgIpc) is 2.15. The number of hydrogen-bond donors (Lipinski definition) is 1. The zero-order valence-electron chi connectivity index (χ0n) is 9.42. The normalized spacial score (nSPS) is 12.8. The molecule has 0 aromatic rings. The van der Waals surface area contributed by atoms with Gasteiger partial charge in [0.2, 0.25) is 0 Å². The summed E-state index contributed by atoms with van der Waals surface area (Å²) in [5.41, 5.74) is 0. The predicted molar refractivity (Wildman–Crippen MR) is 63.6 cm³/mol. The molecule has 1 unspecified atom stereocenters. The Bertz CT molecular complexity index is 165. The van der Waals surface area contributed by atoms with Crippen LogP contribution in [0.3, 0.4) is 0 Å². The molecule has 0 spiro atoms. The van der Waals surface area contributed by atoms with Crippen molar-refractivity contribution in [3.63, 3.8) is 0 Å². The summed E-state index contributed by atoms with van der Waals surface area (Å²) in [7, 11) is 4.08. The minimum absolute atomic E-state index is 0.0297. The fourth-order valence-electron chi connectivity index (χ4n) is 1.11. The average molecular weight is 215 g/mol. The second-order valence-electron chi connectivity index (χ2n) is 3.57. The number of nitriles is 1. The first-order valence-electron chi connectivity index (χ1n) is 4.97. The number of thioether (sulfide) groups is 1. The van der Waals surface area contributed by atoms with Crippen molar-refractivity contribution in [1.29, 1.82) is 5.26 Å².